The van der Waals surface area contributed by atoms with E-state index in [-0.39, 0.29) is 33.6 Å². The van der Waals surface area contributed by atoms with E-state index in [0.717, 1.165) is 11.3 Å². The van der Waals surface area contributed by atoms with Crippen molar-refractivity contribution in [3.8, 4) is 0 Å². The molecule has 0 aliphatic carbocycles. The highest BCUT2D eigenvalue weighted by molar-refractivity contribution is 7.16. The molecule has 1 aromatic heterocycles. The van der Waals surface area contributed by atoms with E-state index in [1.165, 1.54) is 12.1 Å². The highest BCUT2D eigenvalue weighted by Gasteiger charge is 2.17. The first-order chi connectivity index (χ1) is 24.0. The van der Waals surface area contributed by atoms with Crippen molar-refractivity contribution in [3.05, 3.63) is 80.5 Å². The smallest absolute Gasteiger partial charge is 0.265 e. The number of benzene rings is 2. The topological polar surface area (TPSA) is 355 Å². The van der Waals surface area contributed by atoms with Crippen molar-refractivity contribution in [2.24, 2.45) is 43.3 Å². The molecule has 18 N–H and O–H groups in total. The van der Waals surface area contributed by atoms with Gasteiger partial charge in [0.25, 0.3) is 11.8 Å². The largest absolute Gasteiger partial charge is 0.369 e. The van der Waals surface area contributed by atoms with Gasteiger partial charge < -0.3 is 33.6 Å². The Bertz CT molecular complexity index is 1770. The number of hydrogen-bond donors (Lipinski definition) is 14. The Kier molecular flexibility index (Phi) is 13.0. The number of hydrogen-bond acceptors (Lipinski definition) is 11. The van der Waals surface area contributed by atoms with Gasteiger partial charge in [-0.1, -0.05) is 0 Å². The van der Waals surface area contributed by atoms with Crippen LogP contribution in [0.25, 0.3) is 0 Å². The van der Waals surface area contributed by atoms with Crippen LogP contribution in [0.3, 0.4) is 0 Å². The lowest BCUT2D eigenvalue weighted by Crippen LogP contribution is -2.27. The maximum atomic E-state index is 13.4. The Morgan fingerprint density at radius 2 is 0.765 bits per heavy atom. The van der Waals surface area contributed by atoms with Crippen molar-refractivity contribution in [3.63, 3.8) is 0 Å². The molecule has 20 nitrogen and oxygen atoms in total. The van der Waals surface area contributed by atoms with E-state index in [4.69, 9.17) is 44.6 Å². The van der Waals surface area contributed by atoms with Crippen LogP contribution in [0.15, 0.2) is 68.9 Å². The fourth-order valence-corrected chi connectivity index (χ4v) is 4.83. The van der Waals surface area contributed by atoms with E-state index in [1.54, 1.807) is 64.1 Å². The summed E-state index contributed by atoms with van der Waals surface area (Å²) in [6.07, 6.45) is 0. The molecule has 0 atom stereocenters. The second-order valence-corrected chi connectivity index (χ2v) is 11.6. The summed E-state index contributed by atoms with van der Waals surface area (Å²) in [5.41, 5.74) is 35.8. The Hall–Kier alpha value is -7.16. The monoisotopic (exact) mass is 714 g/mol. The second kappa shape index (κ2) is 17.3. The zero-order valence-electron chi connectivity index (χ0n) is 27.9. The molecule has 0 aliphatic rings. The molecular weight excluding hydrogens is 677 g/mol. The first-order valence-corrected chi connectivity index (χ1v) is 15.5. The molecule has 0 saturated heterocycles. The van der Waals surface area contributed by atoms with Gasteiger partial charge in [0, 0.05) is 33.6 Å². The van der Waals surface area contributed by atoms with Crippen LogP contribution in [0, 0.1) is 21.6 Å². The predicted octanol–water partition coefficient (Wildman–Crippen LogP) is 1.08. The van der Waals surface area contributed by atoms with Gasteiger partial charge in [-0.2, -0.15) is 20.4 Å². The van der Waals surface area contributed by atoms with E-state index >= 15 is 0 Å². The minimum absolute atomic E-state index is 0.241. The van der Waals surface area contributed by atoms with Crippen molar-refractivity contribution in [1.29, 1.82) is 21.6 Å². The van der Waals surface area contributed by atoms with Crippen LogP contribution in [-0.4, -0.2) is 58.5 Å². The first kappa shape index (κ1) is 38.3. The lowest BCUT2D eigenvalue weighted by Gasteiger charge is -2.12. The fraction of sp³-hybridized carbons (Fsp3) is 0.133. The van der Waals surface area contributed by atoms with E-state index in [1.807, 2.05) is 0 Å². The molecule has 21 heteroatoms. The molecule has 0 unspecified atom stereocenters. The standard InChI is InChI=1S/C30H38N18O2S/c1-13(41-45-27(31)32)17-7-18(14(2)42-46-28(33)34)10-21(9-17)39-25(49)23-5-6-24(51-23)26(50)40-22-11-19(15(3)43-47-29(35)36)8-20(12-22)16(4)44-48-30(37)38/h5-12H,1-4H3,(H,39,49)(H,40,50)(H4,31,32,45)(H4,33,34,46)(H4,35,36,47)(H4,37,38,48). The van der Waals surface area contributed by atoms with Gasteiger partial charge in [0.1, 0.15) is 0 Å². The number of nitrogens with zero attached hydrogens (tertiary/aromatic N) is 4. The molecule has 266 valence electrons. The Balaban J connectivity index is 1.90. The third kappa shape index (κ3) is 11.8. The lowest BCUT2D eigenvalue weighted by molar-refractivity contribution is 0.102. The van der Waals surface area contributed by atoms with Crippen molar-refractivity contribution < 1.29 is 9.59 Å². The van der Waals surface area contributed by atoms with Crippen molar-refractivity contribution in [2.75, 3.05) is 10.6 Å². The highest BCUT2D eigenvalue weighted by atomic mass is 32.1. The summed E-state index contributed by atoms with van der Waals surface area (Å²) in [6, 6.07) is 13.2. The molecule has 2 amide bonds. The molecule has 1 heterocycles. The maximum absolute atomic E-state index is 13.4. The van der Waals surface area contributed by atoms with Crippen molar-refractivity contribution in [2.45, 2.75) is 27.7 Å². The summed E-state index contributed by atoms with van der Waals surface area (Å²) in [5.74, 6) is -2.41. The summed E-state index contributed by atoms with van der Waals surface area (Å²) in [6.45, 7) is 6.71. The number of hydrazone groups is 4. The minimum atomic E-state index is -0.492. The van der Waals surface area contributed by atoms with Gasteiger partial charge >= 0.3 is 0 Å². The summed E-state index contributed by atoms with van der Waals surface area (Å²) in [7, 11) is 0. The molecule has 0 aliphatic heterocycles. The number of nitrogens with two attached hydrogens (primary N) is 4. The molecule has 3 aromatic rings. The SMILES string of the molecule is CC(=NNC(=N)N)c1cc(NC(=O)c2ccc(C(=O)Nc3cc(C(C)=NNC(=N)N)cc(C(C)=NNC(=N)N)c3)s2)cc(C(C)=NNC(=N)N)c1. The molecule has 3 rings (SSSR count). The summed E-state index contributed by atoms with van der Waals surface area (Å²) < 4.78 is 0. The molecule has 51 heavy (non-hydrogen) atoms. The maximum Gasteiger partial charge on any atom is 0.265 e. The van der Waals surface area contributed by atoms with Crippen molar-refractivity contribution >= 4 is 81.2 Å². The number of rotatable bonds is 12. The Morgan fingerprint density at radius 3 is 1.00 bits per heavy atom. The number of carbonyl (C=O) groups excluding carboxylic acids is 2. The summed E-state index contributed by atoms with van der Waals surface area (Å²) >= 11 is 0.966. The molecule has 0 spiro atoms. The number of guanidine groups is 4. The third-order valence-electron chi connectivity index (χ3n) is 6.48. The zero-order chi connectivity index (χ0) is 37.8. The molecular formula is C30H38N18O2S. The quantitative estimate of drug-likeness (QED) is 0.0719. The first-order valence-electron chi connectivity index (χ1n) is 14.6. The molecule has 0 saturated carbocycles. The van der Waals surface area contributed by atoms with Crippen LogP contribution in [0.2, 0.25) is 0 Å². The Labute approximate surface area is 295 Å². The number of nitrogens with one attached hydrogen (secondary N) is 10. The van der Waals surface area contributed by atoms with E-state index in [2.05, 4.69) is 52.7 Å². The van der Waals surface area contributed by atoms with E-state index in [0.29, 0.717) is 56.5 Å². The zero-order valence-corrected chi connectivity index (χ0v) is 28.8. The van der Waals surface area contributed by atoms with Crippen LogP contribution in [0.1, 0.15) is 69.3 Å². The normalized spacial score (nSPS) is 12.0. The number of anilines is 2. The van der Waals surface area contributed by atoms with Crippen LogP contribution in [0.4, 0.5) is 11.4 Å². The van der Waals surface area contributed by atoms with Crippen molar-refractivity contribution in [1.82, 2.24) is 21.7 Å². The second-order valence-electron chi connectivity index (χ2n) is 10.6. The van der Waals surface area contributed by atoms with Gasteiger partial charge in [-0.05, 0) is 76.2 Å². The molecule has 0 bridgehead atoms. The van der Waals surface area contributed by atoms with Gasteiger partial charge in [0.2, 0.25) is 23.8 Å². The Morgan fingerprint density at radius 1 is 0.510 bits per heavy atom. The van der Waals surface area contributed by atoms with Gasteiger partial charge in [0.05, 0.1) is 32.6 Å². The van der Waals surface area contributed by atoms with E-state index in [9.17, 15) is 9.59 Å². The number of amides is 2. The van der Waals surface area contributed by atoms with E-state index < -0.39 is 11.8 Å². The average Bonchev–Trinajstić information content (AvgIpc) is 3.58. The fourth-order valence-electron chi connectivity index (χ4n) is 4.04. The third-order valence-corrected chi connectivity index (χ3v) is 7.57. The summed E-state index contributed by atoms with van der Waals surface area (Å²) in [5, 5.41) is 51.4. The van der Waals surface area contributed by atoms with Crippen LogP contribution >= 0.6 is 11.3 Å². The molecule has 2 aromatic carbocycles. The number of carbonyl (C=O) groups is 2. The van der Waals surface area contributed by atoms with Crippen LogP contribution < -0.4 is 55.3 Å². The van der Waals surface area contributed by atoms with Gasteiger partial charge in [-0.15, -0.1) is 11.3 Å². The average molecular weight is 715 g/mol. The van der Waals surface area contributed by atoms with Crippen LogP contribution in [-0.2, 0) is 0 Å². The highest BCUT2D eigenvalue weighted by Crippen LogP contribution is 2.23. The summed E-state index contributed by atoms with van der Waals surface area (Å²) in [4.78, 5) is 27.2. The predicted molar refractivity (Wildman–Crippen MR) is 202 cm³/mol. The molecule has 0 fully saturated rings. The van der Waals surface area contributed by atoms with Gasteiger partial charge in [0.15, 0.2) is 0 Å². The number of thiophene rings is 1. The lowest BCUT2D eigenvalue weighted by atomic mass is 10.0. The van der Waals surface area contributed by atoms with Gasteiger partial charge in [-0.25, -0.2) is 21.7 Å². The minimum Gasteiger partial charge on any atom is -0.369 e. The molecule has 0 radical (unpaired) electrons. The van der Waals surface area contributed by atoms with Gasteiger partial charge in [-0.3, -0.25) is 31.2 Å². The van der Waals surface area contributed by atoms with Crippen LogP contribution in [0.5, 0.6) is 0 Å².